The maximum Gasteiger partial charge on any atom is 0.161 e. The van der Waals surface area contributed by atoms with E-state index in [9.17, 15) is 0 Å². The summed E-state index contributed by atoms with van der Waals surface area (Å²) in [6, 6.07) is 9.83. The van der Waals surface area contributed by atoms with Crippen LogP contribution in [0.4, 0.5) is 5.82 Å². The molecule has 0 aliphatic heterocycles. The van der Waals surface area contributed by atoms with Gasteiger partial charge in [0, 0.05) is 34.8 Å². The molecule has 3 nitrogen and oxygen atoms in total. The molecule has 1 aliphatic rings. The van der Waals surface area contributed by atoms with Crippen molar-refractivity contribution in [1.29, 1.82) is 0 Å². The van der Waals surface area contributed by atoms with Crippen LogP contribution >= 0.6 is 11.6 Å². The van der Waals surface area contributed by atoms with Crippen molar-refractivity contribution in [3.8, 4) is 11.4 Å². The summed E-state index contributed by atoms with van der Waals surface area (Å²) in [6.45, 7) is 2.94. The summed E-state index contributed by atoms with van der Waals surface area (Å²) in [5, 5.41) is 4.05. The van der Waals surface area contributed by atoms with Gasteiger partial charge in [-0.25, -0.2) is 9.97 Å². The van der Waals surface area contributed by atoms with Crippen LogP contribution in [0.3, 0.4) is 0 Å². The molecule has 1 aromatic carbocycles. The van der Waals surface area contributed by atoms with Gasteiger partial charge in [-0.05, 0) is 44.0 Å². The lowest BCUT2D eigenvalue weighted by molar-refractivity contribution is 0.695. The zero-order chi connectivity index (χ0) is 14.7. The van der Waals surface area contributed by atoms with Crippen LogP contribution in [-0.4, -0.2) is 16.5 Å². The highest BCUT2D eigenvalue weighted by Gasteiger charge is 2.20. The monoisotopic (exact) mass is 301 g/mol. The smallest absolute Gasteiger partial charge is 0.161 e. The lowest BCUT2D eigenvalue weighted by atomic mass is 10.0. The normalized spacial score (nSPS) is 15.3. The Hall–Kier alpha value is -1.61. The number of anilines is 1. The fourth-order valence-electron chi connectivity index (χ4n) is 2.90. The van der Waals surface area contributed by atoms with Gasteiger partial charge in [0.1, 0.15) is 5.82 Å². The molecule has 2 aromatic rings. The van der Waals surface area contributed by atoms with Crippen LogP contribution in [0.15, 0.2) is 30.3 Å². The van der Waals surface area contributed by atoms with Gasteiger partial charge < -0.3 is 5.32 Å². The van der Waals surface area contributed by atoms with Crippen LogP contribution in [0.25, 0.3) is 11.4 Å². The molecule has 1 aromatic heterocycles. The molecular formula is C17H20ClN3. The van der Waals surface area contributed by atoms with Crippen molar-refractivity contribution >= 4 is 17.4 Å². The number of nitrogens with zero attached hydrogens (tertiary/aromatic N) is 2. The maximum absolute atomic E-state index is 5.96. The lowest BCUT2D eigenvalue weighted by Gasteiger charge is -2.13. The molecule has 0 bridgehead atoms. The van der Waals surface area contributed by atoms with Crippen molar-refractivity contribution in [3.63, 3.8) is 0 Å². The molecule has 3 rings (SSSR count). The molecule has 0 amide bonds. The Morgan fingerprint density at radius 2 is 1.86 bits per heavy atom. The SMILES string of the molecule is CCNc1cc(C2CCCC2)nc(-c2ccc(Cl)cc2)n1. The Bertz CT molecular complexity index is 604. The molecular weight excluding hydrogens is 282 g/mol. The Kier molecular flexibility index (Phi) is 4.39. The molecule has 1 aliphatic carbocycles. The van der Waals surface area contributed by atoms with E-state index in [0.29, 0.717) is 5.92 Å². The number of halogens is 1. The summed E-state index contributed by atoms with van der Waals surface area (Å²) in [5.74, 6) is 2.28. The fourth-order valence-corrected chi connectivity index (χ4v) is 3.02. The van der Waals surface area contributed by atoms with Crippen molar-refractivity contribution in [2.75, 3.05) is 11.9 Å². The van der Waals surface area contributed by atoms with Crippen molar-refractivity contribution in [2.45, 2.75) is 38.5 Å². The molecule has 0 spiro atoms. The first-order chi connectivity index (χ1) is 10.3. The molecule has 1 heterocycles. The first kappa shape index (κ1) is 14.3. The average molecular weight is 302 g/mol. The first-order valence-electron chi connectivity index (χ1n) is 7.65. The predicted octanol–water partition coefficient (Wildman–Crippen LogP) is 4.89. The Morgan fingerprint density at radius 1 is 1.14 bits per heavy atom. The largest absolute Gasteiger partial charge is 0.370 e. The van der Waals surface area contributed by atoms with Crippen LogP contribution in [0.1, 0.15) is 44.2 Å². The van der Waals surface area contributed by atoms with Gasteiger partial charge in [-0.3, -0.25) is 0 Å². The van der Waals surface area contributed by atoms with Gasteiger partial charge in [-0.2, -0.15) is 0 Å². The molecule has 0 atom stereocenters. The Labute approximate surface area is 130 Å². The molecule has 1 N–H and O–H groups in total. The number of benzene rings is 1. The number of hydrogen-bond acceptors (Lipinski definition) is 3. The minimum Gasteiger partial charge on any atom is -0.370 e. The molecule has 110 valence electrons. The quantitative estimate of drug-likeness (QED) is 0.874. The topological polar surface area (TPSA) is 37.8 Å². The second kappa shape index (κ2) is 6.44. The zero-order valence-electron chi connectivity index (χ0n) is 12.3. The predicted molar refractivity (Wildman–Crippen MR) is 87.9 cm³/mol. The standard InChI is InChI=1S/C17H20ClN3/c1-2-19-16-11-15(12-5-3-4-6-12)20-17(21-16)13-7-9-14(18)10-8-13/h7-12H,2-6H2,1H3,(H,19,20,21). The summed E-state index contributed by atoms with van der Waals surface area (Å²) in [5.41, 5.74) is 2.18. The summed E-state index contributed by atoms with van der Waals surface area (Å²) in [7, 11) is 0. The number of nitrogens with one attached hydrogen (secondary N) is 1. The fraction of sp³-hybridized carbons (Fsp3) is 0.412. The summed E-state index contributed by atoms with van der Waals surface area (Å²) in [4.78, 5) is 9.43. The van der Waals surface area contributed by atoms with Crippen LogP contribution in [0, 0.1) is 0 Å². The Balaban J connectivity index is 1.99. The first-order valence-corrected chi connectivity index (χ1v) is 8.03. The highest BCUT2D eigenvalue weighted by Crippen LogP contribution is 2.34. The van der Waals surface area contributed by atoms with Crippen molar-refractivity contribution in [1.82, 2.24) is 9.97 Å². The van der Waals surface area contributed by atoms with E-state index in [1.807, 2.05) is 24.3 Å². The maximum atomic E-state index is 5.96. The molecule has 0 radical (unpaired) electrons. The third-order valence-corrected chi connectivity index (χ3v) is 4.23. The number of rotatable bonds is 4. The lowest BCUT2D eigenvalue weighted by Crippen LogP contribution is -2.06. The molecule has 1 saturated carbocycles. The molecule has 4 heteroatoms. The Morgan fingerprint density at radius 3 is 2.52 bits per heavy atom. The van der Waals surface area contributed by atoms with E-state index in [1.165, 1.54) is 31.4 Å². The zero-order valence-corrected chi connectivity index (χ0v) is 13.0. The second-order valence-corrected chi connectivity index (χ2v) is 5.96. The van der Waals surface area contributed by atoms with E-state index in [-0.39, 0.29) is 0 Å². The van der Waals surface area contributed by atoms with Gasteiger partial charge in [0.15, 0.2) is 5.82 Å². The average Bonchev–Trinajstić information content (AvgIpc) is 3.02. The third-order valence-electron chi connectivity index (χ3n) is 3.98. The molecule has 0 saturated heterocycles. The van der Waals surface area contributed by atoms with E-state index in [4.69, 9.17) is 16.6 Å². The van der Waals surface area contributed by atoms with Crippen molar-refractivity contribution < 1.29 is 0 Å². The van der Waals surface area contributed by atoms with E-state index < -0.39 is 0 Å². The van der Waals surface area contributed by atoms with Gasteiger partial charge in [0.05, 0.1) is 0 Å². The van der Waals surface area contributed by atoms with E-state index >= 15 is 0 Å². The van der Waals surface area contributed by atoms with Gasteiger partial charge in [-0.15, -0.1) is 0 Å². The van der Waals surface area contributed by atoms with Crippen LogP contribution in [0.2, 0.25) is 5.02 Å². The summed E-state index contributed by atoms with van der Waals surface area (Å²) < 4.78 is 0. The van der Waals surface area contributed by atoms with Crippen LogP contribution < -0.4 is 5.32 Å². The molecule has 21 heavy (non-hydrogen) atoms. The summed E-state index contributed by atoms with van der Waals surface area (Å²) in [6.07, 6.45) is 5.09. The highest BCUT2D eigenvalue weighted by atomic mass is 35.5. The van der Waals surface area contributed by atoms with E-state index in [2.05, 4.69) is 23.3 Å². The highest BCUT2D eigenvalue weighted by molar-refractivity contribution is 6.30. The third kappa shape index (κ3) is 3.35. The van der Waals surface area contributed by atoms with E-state index in [1.54, 1.807) is 0 Å². The van der Waals surface area contributed by atoms with Crippen LogP contribution in [-0.2, 0) is 0 Å². The van der Waals surface area contributed by atoms with E-state index in [0.717, 1.165) is 28.8 Å². The molecule has 1 fully saturated rings. The molecule has 0 unspecified atom stereocenters. The van der Waals surface area contributed by atoms with Crippen molar-refractivity contribution in [3.05, 3.63) is 41.0 Å². The van der Waals surface area contributed by atoms with Crippen molar-refractivity contribution in [2.24, 2.45) is 0 Å². The minimum absolute atomic E-state index is 0.580. The van der Waals surface area contributed by atoms with Gasteiger partial charge in [-0.1, -0.05) is 24.4 Å². The number of aromatic nitrogens is 2. The van der Waals surface area contributed by atoms with Gasteiger partial charge in [0.25, 0.3) is 0 Å². The second-order valence-electron chi connectivity index (χ2n) is 5.52. The van der Waals surface area contributed by atoms with Gasteiger partial charge in [0.2, 0.25) is 0 Å². The number of hydrogen-bond donors (Lipinski definition) is 1. The minimum atomic E-state index is 0.580. The van der Waals surface area contributed by atoms with Gasteiger partial charge >= 0.3 is 0 Å². The van der Waals surface area contributed by atoms with Crippen LogP contribution in [0.5, 0.6) is 0 Å². The summed E-state index contributed by atoms with van der Waals surface area (Å²) >= 11 is 5.96.